The molecule has 0 heterocycles. The van der Waals surface area contributed by atoms with Gasteiger partial charge in [0.15, 0.2) is 6.10 Å². The molecular weight excluding hydrogens is 234 g/mol. The SMILES string of the molecule is C/C=C/C=C/C(=O)OC(CC(=O)O)C[N+](C)(C)C. The van der Waals surface area contributed by atoms with Gasteiger partial charge in [-0.1, -0.05) is 18.2 Å². The first-order valence-corrected chi connectivity index (χ1v) is 5.77. The second-order valence-electron chi connectivity index (χ2n) is 5.01. The Hall–Kier alpha value is -1.62. The number of hydrogen-bond acceptors (Lipinski definition) is 3. The number of nitrogens with zero attached hydrogens (tertiary/aromatic N) is 1. The number of aliphatic carboxylic acids is 1. The Morgan fingerprint density at radius 3 is 2.33 bits per heavy atom. The van der Waals surface area contributed by atoms with Crippen LogP contribution in [0, 0.1) is 0 Å². The van der Waals surface area contributed by atoms with Crippen LogP contribution in [0.4, 0.5) is 0 Å². The lowest BCUT2D eigenvalue weighted by Crippen LogP contribution is -2.43. The van der Waals surface area contributed by atoms with E-state index in [1.54, 1.807) is 18.2 Å². The van der Waals surface area contributed by atoms with Crippen LogP contribution in [-0.2, 0) is 14.3 Å². The summed E-state index contributed by atoms with van der Waals surface area (Å²) in [7, 11) is 5.75. The molecule has 0 aromatic carbocycles. The van der Waals surface area contributed by atoms with Crippen molar-refractivity contribution >= 4 is 11.9 Å². The number of rotatable bonds is 7. The Morgan fingerprint density at radius 1 is 1.28 bits per heavy atom. The minimum Gasteiger partial charge on any atom is -0.481 e. The summed E-state index contributed by atoms with van der Waals surface area (Å²) in [5.41, 5.74) is 0. The molecule has 5 heteroatoms. The molecule has 0 saturated heterocycles. The molecule has 0 fully saturated rings. The third kappa shape index (κ3) is 9.59. The molecule has 0 aromatic rings. The van der Waals surface area contributed by atoms with Gasteiger partial charge < -0.3 is 14.3 Å². The lowest BCUT2D eigenvalue weighted by atomic mass is 10.2. The monoisotopic (exact) mass is 256 g/mol. The maximum Gasteiger partial charge on any atom is 0.331 e. The Morgan fingerprint density at radius 2 is 1.89 bits per heavy atom. The fraction of sp³-hybridized carbons (Fsp3) is 0.538. The molecule has 0 aromatic heterocycles. The summed E-state index contributed by atoms with van der Waals surface area (Å²) in [6.07, 6.45) is 5.53. The Labute approximate surface area is 108 Å². The average molecular weight is 256 g/mol. The third-order valence-electron chi connectivity index (χ3n) is 1.97. The number of likely N-dealkylation sites (N-methyl/N-ethyl adjacent to an activating group) is 1. The first-order chi connectivity index (χ1) is 8.24. The lowest BCUT2D eigenvalue weighted by molar-refractivity contribution is -0.873. The summed E-state index contributed by atoms with van der Waals surface area (Å²) in [5.74, 6) is -1.49. The fourth-order valence-corrected chi connectivity index (χ4v) is 1.40. The van der Waals surface area contributed by atoms with Crippen molar-refractivity contribution in [2.75, 3.05) is 27.7 Å². The predicted octanol–water partition coefficient (Wildman–Crippen LogP) is 1.21. The van der Waals surface area contributed by atoms with Gasteiger partial charge in [0.05, 0.1) is 27.6 Å². The molecule has 1 atom stereocenters. The summed E-state index contributed by atoms with van der Waals surface area (Å²) in [5, 5.41) is 8.78. The molecule has 0 aliphatic carbocycles. The molecule has 0 spiro atoms. The van der Waals surface area contributed by atoms with Gasteiger partial charge in [0.2, 0.25) is 0 Å². The summed E-state index contributed by atoms with van der Waals surface area (Å²) in [6.45, 7) is 2.29. The van der Waals surface area contributed by atoms with E-state index in [1.807, 2.05) is 28.1 Å². The van der Waals surface area contributed by atoms with E-state index in [0.29, 0.717) is 11.0 Å². The zero-order valence-electron chi connectivity index (χ0n) is 11.4. The molecule has 102 valence electrons. The van der Waals surface area contributed by atoms with Gasteiger partial charge in [0.1, 0.15) is 6.54 Å². The Kier molecular flexibility index (Phi) is 6.97. The molecular formula is C13H22NO4+. The lowest BCUT2D eigenvalue weighted by Gasteiger charge is -2.28. The summed E-state index contributed by atoms with van der Waals surface area (Å²) >= 11 is 0. The van der Waals surface area contributed by atoms with Crippen molar-refractivity contribution in [3.8, 4) is 0 Å². The van der Waals surface area contributed by atoms with E-state index in [2.05, 4.69) is 0 Å². The molecule has 0 aliphatic heterocycles. The highest BCUT2D eigenvalue weighted by molar-refractivity contribution is 5.82. The van der Waals surface area contributed by atoms with E-state index in [0.717, 1.165) is 0 Å². The van der Waals surface area contributed by atoms with Gasteiger partial charge in [-0.3, -0.25) is 4.79 Å². The van der Waals surface area contributed by atoms with Crippen LogP contribution in [-0.4, -0.2) is 55.3 Å². The number of esters is 1. The highest BCUT2D eigenvalue weighted by Gasteiger charge is 2.23. The minimum absolute atomic E-state index is 0.182. The van der Waals surface area contributed by atoms with Gasteiger partial charge >= 0.3 is 11.9 Å². The van der Waals surface area contributed by atoms with Crippen molar-refractivity contribution in [1.29, 1.82) is 0 Å². The van der Waals surface area contributed by atoms with Crippen LogP contribution in [0.25, 0.3) is 0 Å². The summed E-state index contributed by atoms with van der Waals surface area (Å²) < 4.78 is 5.66. The molecule has 1 unspecified atom stereocenters. The van der Waals surface area contributed by atoms with E-state index in [4.69, 9.17) is 9.84 Å². The molecule has 0 amide bonds. The van der Waals surface area contributed by atoms with Gasteiger partial charge in [-0.15, -0.1) is 0 Å². The number of carbonyl (C=O) groups is 2. The number of carbonyl (C=O) groups excluding carboxylic acids is 1. The Balaban J connectivity index is 4.49. The number of allylic oxidation sites excluding steroid dienone is 3. The maximum absolute atomic E-state index is 11.5. The van der Waals surface area contributed by atoms with Crippen LogP contribution in [0.2, 0.25) is 0 Å². The van der Waals surface area contributed by atoms with Crippen LogP contribution in [0.3, 0.4) is 0 Å². The number of carboxylic acids is 1. The molecule has 0 rings (SSSR count). The van der Waals surface area contributed by atoms with E-state index < -0.39 is 18.0 Å². The standard InChI is InChI=1S/C13H21NO4/c1-5-6-7-8-13(17)18-11(9-12(15)16)10-14(2,3)4/h5-8,11H,9-10H2,1-4H3/p+1/b6-5+,8-7+. The number of carboxylic acid groups (broad SMARTS) is 1. The van der Waals surface area contributed by atoms with E-state index in [-0.39, 0.29) is 6.42 Å². The number of hydrogen-bond donors (Lipinski definition) is 1. The van der Waals surface area contributed by atoms with Crippen molar-refractivity contribution in [3.63, 3.8) is 0 Å². The first kappa shape index (κ1) is 16.4. The van der Waals surface area contributed by atoms with Gasteiger partial charge in [-0.25, -0.2) is 4.79 Å². The van der Waals surface area contributed by atoms with Crippen LogP contribution < -0.4 is 0 Å². The van der Waals surface area contributed by atoms with Crippen molar-refractivity contribution in [2.24, 2.45) is 0 Å². The summed E-state index contributed by atoms with van der Waals surface area (Å²) in [4.78, 5) is 22.2. The average Bonchev–Trinajstić information content (AvgIpc) is 2.13. The van der Waals surface area contributed by atoms with Gasteiger partial charge in [-0.05, 0) is 6.92 Å². The molecule has 0 aliphatic rings. The zero-order chi connectivity index (χ0) is 14.2. The number of quaternary nitrogens is 1. The van der Waals surface area contributed by atoms with Gasteiger partial charge in [0, 0.05) is 6.08 Å². The normalized spacial score (nSPS) is 14.0. The topological polar surface area (TPSA) is 63.6 Å². The van der Waals surface area contributed by atoms with E-state index >= 15 is 0 Å². The number of ether oxygens (including phenoxy) is 1. The minimum atomic E-state index is -0.973. The molecule has 0 bridgehead atoms. The quantitative estimate of drug-likeness (QED) is 0.322. The van der Waals surface area contributed by atoms with Gasteiger partial charge in [-0.2, -0.15) is 0 Å². The second-order valence-corrected chi connectivity index (χ2v) is 5.01. The van der Waals surface area contributed by atoms with Crippen molar-refractivity contribution in [3.05, 3.63) is 24.3 Å². The van der Waals surface area contributed by atoms with E-state index in [1.165, 1.54) is 6.08 Å². The molecule has 1 N–H and O–H groups in total. The fourth-order valence-electron chi connectivity index (χ4n) is 1.40. The molecule has 0 radical (unpaired) electrons. The van der Waals surface area contributed by atoms with Crippen molar-refractivity contribution in [1.82, 2.24) is 0 Å². The third-order valence-corrected chi connectivity index (χ3v) is 1.97. The molecule has 0 saturated carbocycles. The van der Waals surface area contributed by atoms with Crippen molar-refractivity contribution in [2.45, 2.75) is 19.4 Å². The summed E-state index contributed by atoms with van der Waals surface area (Å²) in [6, 6.07) is 0. The smallest absolute Gasteiger partial charge is 0.331 e. The second kappa shape index (κ2) is 7.66. The van der Waals surface area contributed by atoms with Crippen LogP contribution in [0.5, 0.6) is 0 Å². The van der Waals surface area contributed by atoms with Crippen LogP contribution in [0.15, 0.2) is 24.3 Å². The highest BCUT2D eigenvalue weighted by Crippen LogP contribution is 2.05. The van der Waals surface area contributed by atoms with Crippen LogP contribution >= 0.6 is 0 Å². The predicted molar refractivity (Wildman–Crippen MR) is 69.0 cm³/mol. The highest BCUT2D eigenvalue weighted by atomic mass is 16.5. The van der Waals surface area contributed by atoms with Crippen molar-refractivity contribution < 1.29 is 23.9 Å². The molecule has 5 nitrogen and oxygen atoms in total. The van der Waals surface area contributed by atoms with Gasteiger partial charge in [0.25, 0.3) is 0 Å². The first-order valence-electron chi connectivity index (χ1n) is 5.77. The largest absolute Gasteiger partial charge is 0.481 e. The zero-order valence-corrected chi connectivity index (χ0v) is 11.4. The maximum atomic E-state index is 11.5. The van der Waals surface area contributed by atoms with E-state index in [9.17, 15) is 9.59 Å². The Bertz CT molecular complexity index is 339. The van der Waals surface area contributed by atoms with Crippen LogP contribution in [0.1, 0.15) is 13.3 Å². The molecule has 18 heavy (non-hydrogen) atoms.